The molecule has 110 valence electrons. The van der Waals surface area contributed by atoms with Gasteiger partial charge < -0.3 is 10.6 Å². The summed E-state index contributed by atoms with van der Waals surface area (Å²) in [4.78, 5) is 17.4. The lowest BCUT2D eigenvalue weighted by atomic mass is 9.85. The molecule has 0 radical (unpaired) electrons. The van der Waals surface area contributed by atoms with Crippen LogP contribution in [0.15, 0.2) is 0 Å². The van der Waals surface area contributed by atoms with E-state index in [0.717, 1.165) is 29.8 Å². The van der Waals surface area contributed by atoms with Crippen molar-refractivity contribution < 1.29 is 18.0 Å². The van der Waals surface area contributed by atoms with Crippen LogP contribution < -0.4 is 10.6 Å². The summed E-state index contributed by atoms with van der Waals surface area (Å²) in [7, 11) is 0. The van der Waals surface area contributed by atoms with E-state index in [0.29, 0.717) is 0 Å². The normalized spacial score (nSPS) is 25.8. The number of alkyl halides is 3. The molecule has 2 aliphatic rings. The van der Waals surface area contributed by atoms with Gasteiger partial charge in [-0.05, 0) is 32.2 Å². The molecule has 2 heterocycles. The zero-order valence-corrected chi connectivity index (χ0v) is 11.5. The Morgan fingerprint density at radius 3 is 2.80 bits per heavy atom. The number of thiazole rings is 1. The SMILES string of the molecule is O=C(Nc1nc2c(s1)CCC2)C1(C(F)(F)F)CCNC1. The monoisotopic (exact) mass is 305 g/mol. The Kier molecular flexibility index (Phi) is 3.24. The molecular formula is C12H14F3N3OS. The topological polar surface area (TPSA) is 54.0 Å². The third kappa shape index (κ3) is 2.10. The van der Waals surface area contributed by atoms with E-state index in [2.05, 4.69) is 15.6 Å². The van der Waals surface area contributed by atoms with Crippen molar-refractivity contribution in [1.29, 1.82) is 0 Å². The van der Waals surface area contributed by atoms with Gasteiger partial charge in [0.25, 0.3) is 0 Å². The third-order valence-corrected chi connectivity index (χ3v) is 5.02. The Morgan fingerprint density at radius 2 is 2.20 bits per heavy atom. The maximum atomic E-state index is 13.2. The van der Waals surface area contributed by atoms with Crippen LogP contribution in [0, 0.1) is 5.41 Å². The number of amides is 1. The first-order valence-corrected chi connectivity index (χ1v) is 7.31. The van der Waals surface area contributed by atoms with Crippen molar-refractivity contribution in [2.75, 3.05) is 18.4 Å². The quantitative estimate of drug-likeness (QED) is 0.880. The Bertz CT molecular complexity index is 513. The zero-order valence-electron chi connectivity index (χ0n) is 10.6. The van der Waals surface area contributed by atoms with Crippen molar-refractivity contribution in [3.8, 4) is 0 Å². The minimum absolute atomic E-state index is 0.196. The molecule has 1 saturated heterocycles. The molecule has 0 bridgehead atoms. The standard InChI is InChI=1S/C12H14F3N3OS/c13-12(14,15)11(4-5-16-6-11)9(19)18-10-17-7-2-1-3-8(7)20-10/h16H,1-6H2,(H,17,18,19). The number of fused-ring (bicyclic) bond motifs is 1. The second-order valence-corrected chi connectivity index (χ2v) is 6.29. The summed E-state index contributed by atoms with van der Waals surface area (Å²) in [5.41, 5.74) is -1.42. The lowest BCUT2D eigenvalue weighted by Crippen LogP contribution is -2.49. The number of hydrogen-bond acceptors (Lipinski definition) is 4. The fourth-order valence-electron chi connectivity index (χ4n) is 2.72. The first-order valence-electron chi connectivity index (χ1n) is 6.50. The summed E-state index contributed by atoms with van der Waals surface area (Å²) in [6.45, 7) is -0.172. The van der Waals surface area contributed by atoms with Crippen LogP contribution in [0.2, 0.25) is 0 Å². The van der Waals surface area contributed by atoms with E-state index in [1.807, 2.05) is 0 Å². The highest BCUT2D eigenvalue weighted by Gasteiger charge is 2.61. The molecule has 0 saturated carbocycles. The van der Waals surface area contributed by atoms with Gasteiger partial charge in [-0.3, -0.25) is 4.79 Å². The van der Waals surface area contributed by atoms with Gasteiger partial charge in [-0.2, -0.15) is 13.2 Å². The maximum Gasteiger partial charge on any atom is 0.404 e. The number of rotatable bonds is 2. The van der Waals surface area contributed by atoms with E-state index in [-0.39, 0.29) is 24.6 Å². The predicted molar refractivity (Wildman–Crippen MR) is 68.7 cm³/mol. The minimum Gasteiger partial charge on any atom is -0.315 e. The van der Waals surface area contributed by atoms with E-state index in [1.54, 1.807) is 0 Å². The van der Waals surface area contributed by atoms with Crippen LogP contribution in [0.4, 0.5) is 18.3 Å². The van der Waals surface area contributed by atoms with E-state index in [4.69, 9.17) is 0 Å². The molecule has 2 N–H and O–H groups in total. The molecular weight excluding hydrogens is 291 g/mol. The van der Waals surface area contributed by atoms with Crippen molar-refractivity contribution in [2.45, 2.75) is 31.9 Å². The molecule has 1 aromatic rings. The van der Waals surface area contributed by atoms with Crippen LogP contribution >= 0.6 is 11.3 Å². The Balaban J connectivity index is 1.80. The van der Waals surface area contributed by atoms with Gasteiger partial charge in [-0.1, -0.05) is 0 Å². The van der Waals surface area contributed by atoms with Crippen LogP contribution in [0.1, 0.15) is 23.4 Å². The third-order valence-electron chi connectivity index (χ3n) is 3.95. The molecule has 20 heavy (non-hydrogen) atoms. The molecule has 4 nitrogen and oxygen atoms in total. The van der Waals surface area contributed by atoms with E-state index < -0.39 is 17.5 Å². The number of nitrogens with zero attached hydrogens (tertiary/aromatic N) is 1. The number of halogens is 3. The van der Waals surface area contributed by atoms with Gasteiger partial charge in [0, 0.05) is 11.4 Å². The van der Waals surface area contributed by atoms with Crippen LogP contribution in [-0.2, 0) is 17.6 Å². The summed E-state index contributed by atoms with van der Waals surface area (Å²) in [5, 5.41) is 5.28. The van der Waals surface area contributed by atoms with Gasteiger partial charge in [0.1, 0.15) is 0 Å². The average Bonchev–Trinajstić information content (AvgIpc) is 3.01. The summed E-state index contributed by atoms with van der Waals surface area (Å²) < 4.78 is 39.6. The van der Waals surface area contributed by atoms with Crippen molar-refractivity contribution in [1.82, 2.24) is 10.3 Å². The van der Waals surface area contributed by atoms with Gasteiger partial charge in [0.15, 0.2) is 10.5 Å². The molecule has 1 aliphatic heterocycles. The van der Waals surface area contributed by atoms with E-state index in [1.165, 1.54) is 11.3 Å². The number of carbonyl (C=O) groups is 1. The maximum absolute atomic E-state index is 13.2. The number of anilines is 1. The van der Waals surface area contributed by atoms with Crippen LogP contribution in [0.5, 0.6) is 0 Å². The Hall–Kier alpha value is -1.15. The van der Waals surface area contributed by atoms with Gasteiger partial charge >= 0.3 is 6.18 Å². The molecule has 0 spiro atoms. The van der Waals surface area contributed by atoms with Crippen molar-refractivity contribution in [3.63, 3.8) is 0 Å². The van der Waals surface area contributed by atoms with Crippen molar-refractivity contribution in [2.24, 2.45) is 5.41 Å². The van der Waals surface area contributed by atoms with Crippen LogP contribution in [-0.4, -0.2) is 30.2 Å². The van der Waals surface area contributed by atoms with Crippen molar-refractivity contribution >= 4 is 22.4 Å². The molecule has 1 fully saturated rings. The first kappa shape index (κ1) is 13.8. The molecule has 1 aromatic heterocycles. The molecule has 1 amide bonds. The Labute approximate surface area is 117 Å². The van der Waals surface area contributed by atoms with Gasteiger partial charge in [-0.15, -0.1) is 11.3 Å². The second kappa shape index (κ2) is 4.70. The molecule has 1 atom stereocenters. The summed E-state index contributed by atoms with van der Waals surface area (Å²) >= 11 is 1.29. The first-order chi connectivity index (χ1) is 9.42. The van der Waals surface area contributed by atoms with Crippen LogP contribution in [0.25, 0.3) is 0 Å². The number of carbonyl (C=O) groups excluding carboxylic acids is 1. The van der Waals surface area contributed by atoms with E-state index >= 15 is 0 Å². The fourth-order valence-corrected chi connectivity index (χ4v) is 3.76. The second-order valence-electron chi connectivity index (χ2n) is 5.20. The number of hydrogen-bond donors (Lipinski definition) is 2. The lowest BCUT2D eigenvalue weighted by molar-refractivity contribution is -0.213. The van der Waals surface area contributed by atoms with Gasteiger partial charge in [-0.25, -0.2) is 4.98 Å². The molecule has 8 heteroatoms. The summed E-state index contributed by atoms with van der Waals surface area (Å²) in [6, 6.07) is 0. The van der Waals surface area contributed by atoms with Gasteiger partial charge in [0.2, 0.25) is 5.91 Å². The van der Waals surface area contributed by atoms with Crippen LogP contribution in [0.3, 0.4) is 0 Å². The predicted octanol–water partition coefficient (Wildman–Crippen LogP) is 2.11. The van der Waals surface area contributed by atoms with Crippen molar-refractivity contribution in [3.05, 3.63) is 10.6 Å². The smallest absolute Gasteiger partial charge is 0.315 e. The lowest BCUT2D eigenvalue weighted by Gasteiger charge is -2.28. The molecule has 1 unspecified atom stereocenters. The molecule has 1 aliphatic carbocycles. The highest BCUT2D eigenvalue weighted by Crippen LogP contribution is 2.44. The largest absolute Gasteiger partial charge is 0.404 e. The van der Waals surface area contributed by atoms with Gasteiger partial charge in [0.05, 0.1) is 5.69 Å². The van der Waals surface area contributed by atoms with E-state index in [9.17, 15) is 18.0 Å². The molecule has 0 aromatic carbocycles. The summed E-state index contributed by atoms with van der Waals surface area (Å²) in [6.07, 6.45) is -2.02. The zero-order chi connectivity index (χ0) is 14.4. The summed E-state index contributed by atoms with van der Waals surface area (Å²) in [5.74, 6) is -0.998. The minimum atomic E-state index is -4.55. The highest BCUT2D eigenvalue weighted by molar-refractivity contribution is 7.15. The number of nitrogens with one attached hydrogen (secondary N) is 2. The fraction of sp³-hybridized carbons (Fsp3) is 0.667. The Morgan fingerprint density at radius 1 is 1.40 bits per heavy atom. The number of aromatic nitrogens is 1. The highest BCUT2D eigenvalue weighted by atomic mass is 32.1. The average molecular weight is 305 g/mol. The number of aryl methyl sites for hydroxylation is 2. The molecule has 3 rings (SSSR count).